The molecule has 1 aromatic heterocycles. The lowest BCUT2D eigenvalue weighted by molar-refractivity contribution is -0.137. The molecule has 0 aliphatic carbocycles. The van der Waals surface area contributed by atoms with E-state index >= 15 is 0 Å². The van der Waals surface area contributed by atoms with Crippen LogP contribution in [0.15, 0.2) is 89.9 Å². The second kappa shape index (κ2) is 12.8. The summed E-state index contributed by atoms with van der Waals surface area (Å²) in [5.41, 5.74) is 5.00. The fraction of sp³-hybridized carbons (Fsp3) is 0.219. The molecule has 206 valence electrons. The Labute approximate surface area is 233 Å². The van der Waals surface area contributed by atoms with Crippen LogP contribution in [0, 0.1) is 6.92 Å². The number of pyridine rings is 1. The number of ether oxygens (including phenoxy) is 1. The Balaban J connectivity index is 1.54. The van der Waals surface area contributed by atoms with Crippen LogP contribution in [0.4, 0.5) is 16.2 Å². The number of aliphatic carboxylic acids is 1. The minimum Gasteiger partial charge on any atom is -0.493 e. The summed E-state index contributed by atoms with van der Waals surface area (Å²) >= 11 is 0. The SMILES string of the molecule is CCOc1cc(NC(=O)Nc2ccccc2C)ccc1-c1cccn(Cc2ccc([C@H](C)CC(=O)O)cc2)c1=O. The van der Waals surface area contributed by atoms with Crippen LogP contribution in [-0.2, 0) is 11.3 Å². The van der Waals surface area contributed by atoms with Gasteiger partial charge in [0.05, 0.1) is 25.1 Å². The van der Waals surface area contributed by atoms with Crippen molar-refractivity contribution >= 4 is 23.4 Å². The molecule has 0 saturated heterocycles. The smallest absolute Gasteiger partial charge is 0.323 e. The van der Waals surface area contributed by atoms with E-state index in [1.807, 2.05) is 75.4 Å². The molecule has 0 saturated carbocycles. The highest BCUT2D eigenvalue weighted by Gasteiger charge is 2.15. The highest BCUT2D eigenvalue weighted by molar-refractivity contribution is 6.00. The Morgan fingerprint density at radius 2 is 1.70 bits per heavy atom. The summed E-state index contributed by atoms with van der Waals surface area (Å²) in [4.78, 5) is 37.1. The van der Waals surface area contributed by atoms with Crippen LogP contribution in [0.2, 0.25) is 0 Å². The summed E-state index contributed by atoms with van der Waals surface area (Å²) in [6.07, 6.45) is 1.80. The number of hydrogen-bond acceptors (Lipinski definition) is 4. The van der Waals surface area contributed by atoms with Gasteiger partial charge >= 0.3 is 12.0 Å². The molecule has 0 radical (unpaired) electrons. The molecule has 0 fully saturated rings. The van der Waals surface area contributed by atoms with E-state index < -0.39 is 5.97 Å². The number of nitrogens with one attached hydrogen (secondary N) is 2. The third kappa shape index (κ3) is 6.96. The number of benzene rings is 3. The number of nitrogens with zero attached hydrogens (tertiary/aromatic N) is 1. The Morgan fingerprint density at radius 1 is 0.950 bits per heavy atom. The summed E-state index contributed by atoms with van der Waals surface area (Å²) in [5.74, 6) is -0.441. The lowest BCUT2D eigenvalue weighted by atomic mass is 9.97. The molecule has 0 aliphatic rings. The van der Waals surface area contributed by atoms with Crippen LogP contribution in [0.25, 0.3) is 11.1 Å². The number of aromatic nitrogens is 1. The van der Waals surface area contributed by atoms with Gasteiger partial charge in [-0.25, -0.2) is 4.79 Å². The maximum atomic E-state index is 13.5. The first-order valence-corrected chi connectivity index (χ1v) is 13.2. The van der Waals surface area contributed by atoms with Gasteiger partial charge in [-0.1, -0.05) is 49.4 Å². The molecule has 8 nitrogen and oxygen atoms in total. The summed E-state index contributed by atoms with van der Waals surface area (Å²) < 4.78 is 7.49. The maximum Gasteiger partial charge on any atom is 0.323 e. The molecule has 3 aromatic carbocycles. The molecule has 0 spiro atoms. The van der Waals surface area contributed by atoms with Crippen LogP contribution in [0.1, 0.15) is 42.9 Å². The summed E-state index contributed by atoms with van der Waals surface area (Å²) in [6.45, 7) is 6.41. The number of carboxylic acids is 1. The van der Waals surface area contributed by atoms with E-state index in [4.69, 9.17) is 9.84 Å². The number of para-hydroxylation sites is 1. The van der Waals surface area contributed by atoms with Crippen molar-refractivity contribution in [1.29, 1.82) is 0 Å². The number of hydrogen-bond donors (Lipinski definition) is 3. The van der Waals surface area contributed by atoms with Gasteiger partial charge in [-0.3, -0.25) is 9.59 Å². The summed E-state index contributed by atoms with van der Waals surface area (Å²) in [5, 5.41) is 14.7. The normalized spacial score (nSPS) is 11.5. The van der Waals surface area contributed by atoms with E-state index in [9.17, 15) is 14.4 Å². The molecule has 1 heterocycles. The zero-order valence-electron chi connectivity index (χ0n) is 22.8. The minimum absolute atomic E-state index is 0.0642. The molecule has 2 amide bonds. The van der Waals surface area contributed by atoms with Gasteiger partial charge in [0.1, 0.15) is 5.75 Å². The van der Waals surface area contributed by atoms with Gasteiger partial charge in [0.25, 0.3) is 5.56 Å². The van der Waals surface area contributed by atoms with Gasteiger partial charge in [-0.2, -0.15) is 0 Å². The second-order valence-electron chi connectivity index (χ2n) is 9.63. The monoisotopic (exact) mass is 539 g/mol. The molecule has 40 heavy (non-hydrogen) atoms. The van der Waals surface area contributed by atoms with E-state index in [-0.39, 0.29) is 23.9 Å². The predicted octanol–water partition coefficient (Wildman–Crippen LogP) is 6.49. The van der Waals surface area contributed by atoms with Gasteiger partial charge in [0.15, 0.2) is 0 Å². The molecular weight excluding hydrogens is 506 g/mol. The molecular formula is C32H33N3O5. The largest absolute Gasteiger partial charge is 0.493 e. The van der Waals surface area contributed by atoms with Gasteiger partial charge < -0.3 is 25.0 Å². The molecule has 1 atom stereocenters. The lowest BCUT2D eigenvalue weighted by Gasteiger charge is -2.15. The van der Waals surface area contributed by atoms with Gasteiger partial charge in [-0.05, 0) is 66.8 Å². The third-order valence-corrected chi connectivity index (χ3v) is 6.63. The average Bonchev–Trinajstić information content (AvgIpc) is 2.92. The van der Waals surface area contributed by atoms with E-state index in [1.165, 1.54) is 0 Å². The van der Waals surface area contributed by atoms with Gasteiger partial charge in [0.2, 0.25) is 0 Å². The molecule has 3 N–H and O–H groups in total. The highest BCUT2D eigenvalue weighted by Crippen LogP contribution is 2.31. The molecule has 4 rings (SSSR count). The second-order valence-corrected chi connectivity index (χ2v) is 9.63. The van der Waals surface area contributed by atoms with Gasteiger partial charge in [0, 0.05) is 29.2 Å². The fourth-order valence-corrected chi connectivity index (χ4v) is 4.49. The van der Waals surface area contributed by atoms with E-state index in [2.05, 4.69) is 10.6 Å². The van der Waals surface area contributed by atoms with Gasteiger partial charge in [-0.15, -0.1) is 0 Å². The first-order chi connectivity index (χ1) is 19.2. The fourth-order valence-electron chi connectivity index (χ4n) is 4.49. The van der Waals surface area contributed by atoms with Crippen molar-refractivity contribution in [2.45, 2.75) is 39.7 Å². The number of carbonyl (C=O) groups is 2. The summed E-state index contributed by atoms with van der Waals surface area (Å²) in [7, 11) is 0. The highest BCUT2D eigenvalue weighted by atomic mass is 16.5. The number of rotatable bonds is 10. The van der Waals surface area contributed by atoms with Crippen LogP contribution in [-0.4, -0.2) is 28.3 Å². The Morgan fingerprint density at radius 3 is 2.40 bits per heavy atom. The molecule has 0 bridgehead atoms. The third-order valence-electron chi connectivity index (χ3n) is 6.63. The Kier molecular flexibility index (Phi) is 9.01. The molecule has 0 unspecified atom stereocenters. The molecule has 8 heteroatoms. The maximum absolute atomic E-state index is 13.5. The van der Waals surface area contributed by atoms with Crippen molar-refractivity contribution in [2.24, 2.45) is 0 Å². The average molecular weight is 540 g/mol. The van der Waals surface area contributed by atoms with E-state index in [0.29, 0.717) is 35.7 Å². The number of carboxylic acid groups (broad SMARTS) is 1. The first kappa shape index (κ1) is 28.2. The van der Waals surface area contributed by atoms with Crippen LogP contribution >= 0.6 is 0 Å². The van der Waals surface area contributed by atoms with Crippen molar-refractivity contribution in [3.8, 4) is 16.9 Å². The van der Waals surface area contributed by atoms with Crippen LogP contribution < -0.4 is 20.9 Å². The number of urea groups is 1. The van der Waals surface area contributed by atoms with E-state index in [1.54, 1.807) is 35.0 Å². The Hall–Kier alpha value is -4.85. The van der Waals surface area contributed by atoms with Crippen molar-refractivity contribution in [3.63, 3.8) is 0 Å². The molecule has 4 aromatic rings. The van der Waals surface area contributed by atoms with Crippen LogP contribution in [0.5, 0.6) is 5.75 Å². The van der Waals surface area contributed by atoms with E-state index in [0.717, 1.165) is 22.4 Å². The van der Waals surface area contributed by atoms with Crippen molar-refractivity contribution in [2.75, 3.05) is 17.2 Å². The number of carbonyl (C=O) groups excluding carboxylic acids is 1. The number of aryl methyl sites for hydroxylation is 1. The number of amides is 2. The van der Waals surface area contributed by atoms with Crippen molar-refractivity contribution < 1.29 is 19.4 Å². The lowest BCUT2D eigenvalue weighted by Crippen LogP contribution is -2.22. The summed E-state index contributed by atoms with van der Waals surface area (Å²) in [6, 6.07) is 23.6. The van der Waals surface area contributed by atoms with Crippen LogP contribution in [0.3, 0.4) is 0 Å². The molecule has 0 aliphatic heterocycles. The zero-order valence-corrected chi connectivity index (χ0v) is 22.8. The first-order valence-electron chi connectivity index (χ1n) is 13.2. The standard InChI is InChI=1S/C32H33N3O5/c1-4-40-29-19-25(33-32(39)34-28-10-6-5-8-21(28)2)15-16-26(29)27-9-7-17-35(31(27)38)20-23-11-13-24(14-12-23)22(3)18-30(36)37/h5-17,19,22H,4,18,20H2,1-3H3,(H,36,37)(H2,33,34,39)/t22-/m1/s1. The minimum atomic E-state index is -0.833. The quantitative estimate of drug-likeness (QED) is 0.213. The van der Waals surface area contributed by atoms with Crippen molar-refractivity contribution in [1.82, 2.24) is 4.57 Å². The predicted molar refractivity (Wildman–Crippen MR) is 157 cm³/mol. The van der Waals surface area contributed by atoms with Crippen molar-refractivity contribution in [3.05, 3.63) is 112 Å². The number of anilines is 2. The zero-order chi connectivity index (χ0) is 28.6. The Bertz CT molecular complexity index is 1560. The topological polar surface area (TPSA) is 110 Å².